The first-order valence-corrected chi connectivity index (χ1v) is 5.03. The zero-order valence-corrected chi connectivity index (χ0v) is 8.84. The van der Waals surface area contributed by atoms with Crippen LogP contribution in [0.2, 0.25) is 0 Å². The summed E-state index contributed by atoms with van der Waals surface area (Å²) in [5.41, 5.74) is -2.35. The van der Waals surface area contributed by atoms with Crippen molar-refractivity contribution in [3.8, 4) is 0 Å². The molecule has 0 aliphatic heterocycles. The van der Waals surface area contributed by atoms with E-state index in [4.69, 9.17) is 0 Å². The van der Waals surface area contributed by atoms with E-state index in [-0.39, 0.29) is 22.1 Å². The maximum atomic E-state index is 11.6. The molecule has 6 nitrogen and oxygen atoms in total. The average molecular weight is 240 g/mol. The second-order valence-electron chi connectivity index (χ2n) is 3.77. The van der Waals surface area contributed by atoms with Crippen LogP contribution in [0.1, 0.15) is 0 Å². The maximum absolute atomic E-state index is 11.6. The Bertz CT molecular complexity index is 998. The van der Waals surface area contributed by atoms with Gasteiger partial charge in [-0.25, -0.2) is 9.97 Å². The van der Waals surface area contributed by atoms with Crippen molar-refractivity contribution < 1.29 is 0 Å². The topological polar surface area (TPSA) is 94.1 Å². The molecule has 0 fully saturated rings. The van der Waals surface area contributed by atoms with Crippen LogP contribution in [0, 0.1) is 0 Å². The minimum absolute atomic E-state index is 0.0898. The van der Waals surface area contributed by atoms with Crippen molar-refractivity contribution >= 4 is 22.1 Å². The summed E-state index contributed by atoms with van der Waals surface area (Å²) in [6, 6.07) is 4.55. The Morgan fingerprint density at radius 1 is 0.667 bits per heavy atom. The normalized spacial score (nSPS) is 11.1. The van der Waals surface area contributed by atoms with Gasteiger partial charge >= 0.3 is 0 Å². The summed E-state index contributed by atoms with van der Waals surface area (Å²) in [6.07, 6.45) is 0. The maximum Gasteiger partial charge on any atom is 0.253 e. The lowest BCUT2D eigenvalue weighted by atomic mass is 10.2. The van der Waals surface area contributed by atoms with Gasteiger partial charge in [-0.1, -0.05) is 0 Å². The van der Waals surface area contributed by atoms with Crippen molar-refractivity contribution in [2.24, 2.45) is 0 Å². The van der Waals surface area contributed by atoms with Crippen LogP contribution >= 0.6 is 0 Å². The van der Waals surface area contributed by atoms with Gasteiger partial charge < -0.3 is 0 Å². The zero-order valence-electron chi connectivity index (χ0n) is 8.84. The third-order valence-electron chi connectivity index (χ3n) is 2.59. The first-order chi connectivity index (χ1) is 8.56. The van der Waals surface area contributed by atoms with Crippen molar-refractivity contribution in [1.82, 2.24) is 9.97 Å². The van der Waals surface area contributed by atoms with Crippen molar-refractivity contribution in [2.75, 3.05) is 0 Å². The van der Waals surface area contributed by atoms with Gasteiger partial charge in [0, 0.05) is 12.1 Å². The highest BCUT2D eigenvalue weighted by atomic mass is 16.2. The van der Waals surface area contributed by atoms with E-state index < -0.39 is 21.7 Å². The fourth-order valence-electron chi connectivity index (χ4n) is 1.71. The number of hydrogen-bond acceptors (Lipinski definition) is 6. The summed E-state index contributed by atoms with van der Waals surface area (Å²) >= 11 is 0. The number of rotatable bonds is 0. The molecule has 0 aliphatic carbocycles. The summed E-state index contributed by atoms with van der Waals surface area (Å²) in [6.45, 7) is 0. The number of nitrogens with zero attached hydrogens (tertiary/aromatic N) is 2. The molecule has 0 saturated heterocycles. The van der Waals surface area contributed by atoms with Gasteiger partial charge in [-0.15, -0.1) is 0 Å². The molecule has 0 bridgehead atoms. The molecule has 0 atom stereocenters. The number of benzene rings is 2. The van der Waals surface area contributed by atoms with Crippen LogP contribution in [0.15, 0.2) is 43.4 Å². The molecule has 0 N–H and O–H groups in total. The third kappa shape index (κ3) is 1.36. The van der Waals surface area contributed by atoms with Gasteiger partial charge in [0.2, 0.25) is 16.3 Å². The first kappa shape index (κ1) is 10.4. The molecular weight excluding hydrogens is 236 g/mol. The molecule has 1 heterocycles. The smallest absolute Gasteiger partial charge is 0.253 e. The first-order valence-electron chi connectivity index (χ1n) is 5.03. The van der Waals surface area contributed by atoms with E-state index in [1.807, 2.05) is 0 Å². The van der Waals surface area contributed by atoms with Crippen molar-refractivity contribution in [3.63, 3.8) is 0 Å². The second-order valence-corrected chi connectivity index (χ2v) is 3.77. The lowest BCUT2D eigenvalue weighted by Crippen LogP contribution is -2.24. The molecule has 3 rings (SSSR count). The highest BCUT2D eigenvalue weighted by Gasteiger charge is 2.08. The van der Waals surface area contributed by atoms with Gasteiger partial charge in [0.15, 0.2) is 0 Å². The van der Waals surface area contributed by atoms with Gasteiger partial charge in [0.05, 0.1) is 16.6 Å². The van der Waals surface area contributed by atoms with Crippen LogP contribution in [0.5, 0.6) is 0 Å². The molecule has 1 aromatic heterocycles. The van der Waals surface area contributed by atoms with Crippen LogP contribution in [-0.4, -0.2) is 9.97 Å². The largest absolute Gasteiger partial charge is 0.285 e. The number of hydrogen-bond donors (Lipinski definition) is 0. The highest BCUT2D eigenvalue weighted by molar-refractivity contribution is 5.85. The third-order valence-corrected chi connectivity index (χ3v) is 2.59. The van der Waals surface area contributed by atoms with Gasteiger partial charge in [0.1, 0.15) is 5.52 Å². The van der Waals surface area contributed by atoms with Crippen LogP contribution in [0.25, 0.3) is 22.1 Å². The highest BCUT2D eigenvalue weighted by Crippen LogP contribution is 2.09. The lowest BCUT2D eigenvalue weighted by Gasteiger charge is -1.97. The van der Waals surface area contributed by atoms with Gasteiger partial charge in [-0.05, 0) is 12.1 Å². The molecule has 86 valence electrons. The van der Waals surface area contributed by atoms with E-state index in [0.717, 1.165) is 18.2 Å². The Morgan fingerprint density at radius 2 is 1.28 bits per heavy atom. The van der Waals surface area contributed by atoms with E-state index in [0.29, 0.717) is 0 Å². The Labute approximate surface area is 97.9 Å². The monoisotopic (exact) mass is 240 g/mol. The predicted octanol–water partition coefficient (Wildman–Crippen LogP) is -0.901. The summed E-state index contributed by atoms with van der Waals surface area (Å²) in [5.74, 6) is 0. The molecule has 0 radical (unpaired) electrons. The SMILES string of the molecule is O=c1cc2nc3ccc(=O)c(=O)c3nc2cc1=O. The van der Waals surface area contributed by atoms with Crippen LogP contribution < -0.4 is 21.7 Å². The van der Waals surface area contributed by atoms with E-state index in [1.165, 1.54) is 6.07 Å². The molecule has 6 heteroatoms. The Hall–Kier alpha value is -2.76. The molecule has 2 aromatic carbocycles. The number of aromatic nitrogens is 2. The van der Waals surface area contributed by atoms with Crippen LogP contribution in [0.4, 0.5) is 0 Å². The fraction of sp³-hybridized carbons (Fsp3) is 0. The molecule has 3 aromatic rings. The minimum atomic E-state index is -0.763. The quantitative estimate of drug-likeness (QED) is 0.373. The Morgan fingerprint density at radius 3 is 1.94 bits per heavy atom. The van der Waals surface area contributed by atoms with E-state index >= 15 is 0 Å². The summed E-state index contributed by atoms with van der Waals surface area (Å²) in [7, 11) is 0. The summed E-state index contributed by atoms with van der Waals surface area (Å²) < 4.78 is 0. The molecule has 0 saturated carbocycles. The van der Waals surface area contributed by atoms with Crippen LogP contribution in [0.3, 0.4) is 0 Å². The van der Waals surface area contributed by atoms with E-state index in [1.54, 1.807) is 0 Å². The molecule has 0 aliphatic rings. The summed E-state index contributed by atoms with van der Waals surface area (Å²) in [4.78, 5) is 53.1. The number of fused-ring (bicyclic) bond motifs is 2. The van der Waals surface area contributed by atoms with Crippen LogP contribution in [-0.2, 0) is 0 Å². The van der Waals surface area contributed by atoms with Crippen molar-refractivity contribution in [2.45, 2.75) is 0 Å². The molecule has 0 unspecified atom stereocenters. The Balaban J connectivity index is 2.64. The fourth-order valence-corrected chi connectivity index (χ4v) is 1.71. The molecule has 0 amide bonds. The van der Waals surface area contributed by atoms with Gasteiger partial charge in [-0.2, -0.15) is 0 Å². The van der Waals surface area contributed by atoms with E-state index in [2.05, 4.69) is 9.97 Å². The second kappa shape index (κ2) is 3.36. The summed E-state index contributed by atoms with van der Waals surface area (Å²) in [5, 5.41) is 0. The lowest BCUT2D eigenvalue weighted by molar-refractivity contribution is 1.34. The van der Waals surface area contributed by atoms with Crippen molar-refractivity contribution in [3.05, 3.63) is 65.2 Å². The van der Waals surface area contributed by atoms with Crippen molar-refractivity contribution in [1.29, 1.82) is 0 Å². The van der Waals surface area contributed by atoms with E-state index in [9.17, 15) is 19.2 Å². The molecular formula is C12H4N2O4. The van der Waals surface area contributed by atoms with Gasteiger partial charge in [0.25, 0.3) is 5.43 Å². The standard InChI is InChI=1S/C12H4N2O4/c15-8-2-1-5-11(12(8)18)14-7-4-10(17)9(16)3-6(7)13-5/h1-4H. The minimum Gasteiger partial charge on any atom is -0.285 e. The Kier molecular flexibility index (Phi) is 1.94. The molecule has 0 spiro atoms. The zero-order chi connectivity index (χ0) is 12.9. The average Bonchev–Trinajstić information content (AvgIpc) is 2.34. The molecule has 18 heavy (non-hydrogen) atoms. The van der Waals surface area contributed by atoms with Gasteiger partial charge in [-0.3, -0.25) is 19.2 Å². The predicted molar refractivity (Wildman–Crippen MR) is 64.5 cm³/mol.